The molecule has 0 fully saturated rings. The molecule has 2 aromatic carbocycles. The van der Waals surface area contributed by atoms with Crippen molar-refractivity contribution in [1.29, 1.82) is 0 Å². The number of benzene rings is 2. The van der Waals surface area contributed by atoms with Gasteiger partial charge < -0.3 is 41.9 Å². The van der Waals surface area contributed by atoms with Gasteiger partial charge in [0.05, 0.1) is 12.1 Å². The molecule has 4 rings (SSSR count). The van der Waals surface area contributed by atoms with E-state index in [1.165, 1.54) is 18.7 Å². The summed E-state index contributed by atoms with van der Waals surface area (Å²) in [6.07, 6.45) is 4.38. The second kappa shape index (κ2) is 14.9. The van der Waals surface area contributed by atoms with E-state index in [0.717, 1.165) is 21.8 Å². The van der Waals surface area contributed by atoms with Crippen molar-refractivity contribution >= 4 is 57.3 Å². The number of carboxylic acids is 1. The molecule has 0 saturated heterocycles. The van der Waals surface area contributed by atoms with E-state index >= 15 is 0 Å². The standard InChI is InChI=1S/C31H38N6O6S/c1-17(38)27(37-28(39)22(32)11-12-44-2)30(41)35-25(13-18-15-33-23-9-5-3-7-20(18)23)29(40)36-26(31(42)43)14-19-16-34-24-10-6-4-8-21(19)24/h3-10,15-17,22,25-27,33-34,38H,11-14,32H2,1-2H3,(H,35,41)(H,36,40)(H,37,39)(H,42,43). The van der Waals surface area contributed by atoms with E-state index in [4.69, 9.17) is 5.73 Å². The van der Waals surface area contributed by atoms with Crippen LogP contribution in [-0.2, 0) is 32.0 Å². The number of carbonyl (C=O) groups excluding carboxylic acids is 3. The van der Waals surface area contributed by atoms with E-state index in [-0.39, 0.29) is 12.8 Å². The molecule has 3 amide bonds. The van der Waals surface area contributed by atoms with E-state index in [2.05, 4.69) is 25.9 Å². The number of fused-ring (bicyclic) bond motifs is 2. The van der Waals surface area contributed by atoms with Crippen LogP contribution in [0, 0.1) is 0 Å². The summed E-state index contributed by atoms with van der Waals surface area (Å²) < 4.78 is 0. The molecule has 0 aliphatic carbocycles. The molecule has 0 saturated carbocycles. The number of para-hydroxylation sites is 2. The third-order valence-corrected chi connectivity index (χ3v) is 8.12. The molecule has 9 N–H and O–H groups in total. The highest BCUT2D eigenvalue weighted by Gasteiger charge is 2.33. The number of aromatic amines is 2. The Balaban J connectivity index is 1.57. The van der Waals surface area contributed by atoms with Crippen molar-refractivity contribution in [3.05, 3.63) is 72.1 Å². The fourth-order valence-electron chi connectivity index (χ4n) is 5.03. The first-order valence-corrected chi connectivity index (χ1v) is 15.6. The fourth-order valence-corrected chi connectivity index (χ4v) is 5.52. The molecule has 0 bridgehead atoms. The van der Waals surface area contributed by atoms with Crippen LogP contribution in [0.15, 0.2) is 60.9 Å². The minimum absolute atomic E-state index is 0.000864. The van der Waals surface area contributed by atoms with Crippen LogP contribution in [0.3, 0.4) is 0 Å². The molecule has 5 unspecified atom stereocenters. The zero-order valence-electron chi connectivity index (χ0n) is 24.5. The van der Waals surface area contributed by atoms with Crippen LogP contribution in [0.2, 0.25) is 0 Å². The lowest BCUT2D eigenvalue weighted by Gasteiger charge is -2.26. The normalized spacial score (nSPS) is 14.8. The van der Waals surface area contributed by atoms with E-state index in [1.54, 1.807) is 12.4 Å². The average molecular weight is 623 g/mol. The minimum Gasteiger partial charge on any atom is -0.480 e. The van der Waals surface area contributed by atoms with Crippen molar-refractivity contribution in [3.8, 4) is 0 Å². The summed E-state index contributed by atoms with van der Waals surface area (Å²) in [6, 6.07) is 10.0. The molecule has 0 aliphatic rings. The molecule has 4 aromatic rings. The minimum atomic E-state index is -1.40. The maximum absolute atomic E-state index is 13.7. The summed E-state index contributed by atoms with van der Waals surface area (Å²) >= 11 is 1.52. The van der Waals surface area contributed by atoms with Crippen molar-refractivity contribution in [3.63, 3.8) is 0 Å². The van der Waals surface area contributed by atoms with Gasteiger partial charge in [0.25, 0.3) is 0 Å². The number of hydrogen-bond donors (Lipinski definition) is 8. The maximum atomic E-state index is 13.7. The second-order valence-electron chi connectivity index (χ2n) is 10.7. The van der Waals surface area contributed by atoms with Crippen LogP contribution < -0.4 is 21.7 Å². The number of thioether (sulfide) groups is 1. The first kappa shape index (κ1) is 32.6. The topological polar surface area (TPSA) is 202 Å². The van der Waals surface area contributed by atoms with Crippen molar-refractivity contribution in [2.75, 3.05) is 12.0 Å². The predicted molar refractivity (Wildman–Crippen MR) is 170 cm³/mol. The van der Waals surface area contributed by atoms with E-state index < -0.39 is 54.0 Å². The summed E-state index contributed by atoms with van der Waals surface area (Å²) in [4.78, 5) is 58.3. The lowest BCUT2D eigenvalue weighted by atomic mass is 10.0. The highest BCUT2D eigenvalue weighted by Crippen LogP contribution is 2.21. The van der Waals surface area contributed by atoms with Crippen LogP contribution in [-0.4, -0.2) is 86.2 Å². The van der Waals surface area contributed by atoms with Crippen LogP contribution in [0.5, 0.6) is 0 Å². The molecule has 0 spiro atoms. The van der Waals surface area contributed by atoms with Gasteiger partial charge in [-0.2, -0.15) is 11.8 Å². The predicted octanol–water partition coefficient (Wildman–Crippen LogP) is 1.43. The molecule has 44 heavy (non-hydrogen) atoms. The number of aromatic nitrogens is 2. The van der Waals surface area contributed by atoms with Gasteiger partial charge in [0.15, 0.2) is 0 Å². The van der Waals surface area contributed by atoms with Crippen LogP contribution >= 0.6 is 11.8 Å². The van der Waals surface area contributed by atoms with E-state index in [1.807, 2.05) is 54.8 Å². The van der Waals surface area contributed by atoms with Gasteiger partial charge in [-0.05, 0) is 48.6 Å². The van der Waals surface area contributed by atoms with Crippen LogP contribution in [0.1, 0.15) is 24.5 Å². The van der Waals surface area contributed by atoms with Gasteiger partial charge in [0.2, 0.25) is 17.7 Å². The Morgan fingerprint density at radius 3 is 1.86 bits per heavy atom. The van der Waals surface area contributed by atoms with E-state index in [0.29, 0.717) is 23.3 Å². The van der Waals surface area contributed by atoms with Crippen molar-refractivity contribution < 1.29 is 29.4 Å². The molecule has 5 atom stereocenters. The second-order valence-corrected chi connectivity index (χ2v) is 11.7. The third-order valence-electron chi connectivity index (χ3n) is 7.48. The lowest BCUT2D eigenvalue weighted by molar-refractivity contribution is -0.142. The SMILES string of the molecule is CSCCC(N)C(=O)NC(C(=O)NC(Cc1c[nH]c2ccccc12)C(=O)NC(Cc1c[nH]c2ccccc12)C(=O)O)C(C)O. The number of aliphatic hydroxyl groups is 1. The molecule has 0 radical (unpaired) electrons. The Labute approximate surface area is 258 Å². The average Bonchev–Trinajstić information content (AvgIpc) is 3.61. The molecule has 0 aliphatic heterocycles. The Bertz CT molecular complexity index is 1620. The molecule has 234 valence electrons. The van der Waals surface area contributed by atoms with Gasteiger partial charge >= 0.3 is 5.97 Å². The lowest BCUT2D eigenvalue weighted by Crippen LogP contribution is -2.60. The number of carboxylic acid groups (broad SMARTS) is 1. The van der Waals surface area contributed by atoms with Gasteiger partial charge in [-0.15, -0.1) is 0 Å². The summed E-state index contributed by atoms with van der Waals surface area (Å²) in [5, 5.41) is 29.8. The van der Waals surface area contributed by atoms with Crippen molar-refractivity contribution in [2.45, 2.75) is 56.5 Å². The van der Waals surface area contributed by atoms with Gasteiger partial charge in [0, 0.05) is 47.0 Å². The number of rotatable bonds is 15. The number of carbonyl (C=O) groups is 4. The molecule has 13 heteroatoms. The van der Waals surface area contributed by atoms with Gasteiger partial charge in [-0.1, -0.05) is 36.4 Å². The highest BCUT2D eigenvalue weighted by atomic mass is 32.2. The van der Waals surface area contributed by atoms with Crippen LogP contribution in [0.4, 0.5) is 0 Å². The maximum Gasteiger partial charge on any atom is 0.326 e. The summed E-state index contributed by atoms with van der Waals surface area (Å²) in [6.45, 7) is 1.34. The summed E-state index contributed by atoms with van der Waals surface area (Å²) in [5.74, 6) is -2.76. The number of H-pyrrole nitrogens is 2. The Morgan fingerprint density at radius 2 is 1.34 bits per heavy atom. The van der Waals surface area contributed by atoms with E-state index in [9.17, 15) is 29.4 Å². The quantitative estimate of drug-likeness (QED) is 0.0972. The number of amides is 3. The monoisotopic (exact) mass is 622 g/mol. The number of hydrogen-bond acceptors (Lipinski definition) is 7. The van der Waals surface area contributed by atoms with Gasteiger partial charge in [-0.25, -0.2) is 4.79 Å². The van der Waals surface area contributed by atoms with Gasteiger partial charge in [-0.3, -0.25) is 14.4 Å². The number of nitrogens with one attached hydrogen (secondary N) is 5. The Hall–Kier alpha value is -4.33. The molecule has 2 heterocycles. The third kappa shape index (κ3) is 7.98. The molecular weight excluding hydrogens is 584 g/mol. The first-order chi connectivity index (χ1) is 21.1. The Morgan fingerprint density at radius 1 is 0.818 bits per heavy atom. The van der Waals surface area contributed by atoms with Crippen molar-refractivity contribution in [1.82, 2.24) is 25.9 Å². The van der Waals surface area contributed by atoms with Crippen LogP contribution in [0.25, 0.3) is 21.8 Å². The van der Waals surface area contributed by atoms with Gasteiger partial charge in [0.1, 0.15) is 18.1 Å². The first-order valence-electron chi connectivity index (χ1n) is 14.3. The largest absolute Gasteiger partial charge is 0.480 e. The molecule has 12 nitrogen and oxygen atoms in total. The molecule has 2 aromatic heterocycles. The highest BCUT2D eigenvalue weighted by molar-refractivity contribution is 7.98. The summed E-state index contributed by atoms with van der Waals surface area (Å²) in [5.41, 5.74) is 9.03. The fraction of sp³-hybridized carbons (Fsp3) is 0.355. The zero-order valence-corrected chi connectivity index (χ0v) is 25.3. The number of aliphatic hydroxyl groups excluding tert-OH is 1. The Kier molecular flexibility index (Phi) is 11.0. The number of nitrogens with two attached hydrogens (primary N) is 1. The summed E-state index contributed by atoms with van der Waals surface area (Å²) in [7, 11) is 0. The smallest absolute Gasteiger partial charge is 0.326 e. The molecular formula is C31H38N6O6S. The van der Waals surface area contributed by atoms with Crippen molar-refractivity contribution in [2.24, 2.45) is 5.73 Å². The zero-order chi connectivity index (χ0) is 31.8. The number of aliphatic carboxylic acids is 1.